The van der Waals surface area contributed by atoms with Crippen LogP contribution < -0.4 is 21.2 Å². The van der Waals surface area contributed by atoms with Gasteiger partial charge in [-0.05, 0) is 37.1 Å². The van der Waals surface area contributed by atoms with E-state index in [1.54, 1.807) is 0 Å². The first-order chi connectivity index (χ1) is 17.3. The second-order valence-electron chi connectivity index (χ2n) is 8.93. The van der Waals surface area contributed by atoms with E-state index in [1.807, 2.05) is 12.1 Å². The van der Waals surface area contributed by atoms with Crippen molar-refractivity contribution in [2.45, 2.75) is 29.8 Å². The fourth-order valence-corrected chi connectivity index (χ4v) is 11.3. The SMILES string of the molecule is O[C@@H]1[C@@H](P(c2ccccc2)c2ccccc2)[C@H]2OC[C@@H](O2)[C@H]1P(c1ccccc1)c1ccccc1. The van der Waals surface area contributed by atoms with Gasteiger partial charge in [-0.1, -0.05) is 121 Å². The third kappa shape index (κ3) is 4.49. The average molecular weight is 498 g/mol. The van der Waals surface area contributed by atoms with E-state index in [1.165, 1.54) is 21.2 Å². The van der Waals surface area contributed by atoms with Crippen molar-refractivity contribution in [1.29, 1.82) is 0 Å². The molecule has 0 unspecified atom stereocenters. The van der Waals surface area contributed by atoms with Gasteiger partial charge in [-0.25, -0.2) is 0 Å². The third-order valence-corrected chi connectivity index (χ3v) is 12.6. The predicted octanol–water partition coefficient (Wildman–Crippen LogP) is 4.11. The van der Waals surface area contributed by atoms with Crippen LogP contribution in [0.15, 0.2) is 121 Å². The summed E-state index contributed by atoms with van der Waals surface area (Å²) in [7, 11) is -1.77. The quantitative estimate of drug-likeness (QED) is 0.407. The Labute approximate surface area is 209 Å². The number of fused-ring (bicyclic) bond motifs is 2. The number of hydrogen-bond acceptors (Lipinski definition) is 3. The lowest BCUT2D eigenvalue weighted by Crippen LogP contribution is -2.55. The van der Waals surface area contributed by atoms with Gasteiger partial charge in [-0.3, -0.25) is 0 Å². The number of ether oxygens (including phenoxy) is 2. The van der Waals surface area contributed by atoms with Crippen LogP contribution in [0.2, 0.25) is 0 Å². The van der Waals surface area contributed by atoms with Crippen LogP contribution in [0, 0.1) is 0 Å². The maximum absolute atomic E-state index is 12.3. The Morgan fingerprint density at radius 1 is 0.543 bits per heavy atom. The van der Waals surface area contributed by atoms with Crippen LogP contribution in [0.3, 0.4) is 0 Å². The van der Waals surface area contributed by atoms with E-state index in [2.05, 4.69) is 109 Å². The summed E-state index contributed by atoms with van der Waals surface area (Å²) in [5, 5.41) is 17.3. The minimum atomic E-state index is -0.906. The highest BCUT2D eigenvalue weighted by Crippen LogP contribution is 2.55. The van der Waals surface area contributed by atoms with Crippen molar-refractivity contribution in [3.8, 4) is 0 Å². The van der Waals surface area contributed by atoms with Gasteiger partial charge in [0.2, 0.25) is 0 Å². The van der Waals surface area contributed by atoms with Crippen molar-refractivity contribution in [2.75, 3.05) is 6.61 Å². The standard InChI is InChI=1S/C30H28O3P2/c31-27-28(34(22-13-5-1-6-14-22)23-15-7-2-8-16-23)26-21-32-30(33-26)29(27)35(24-17-9-3-10-18-24)25-19-11-4-12-20-25/h1-20,26-31H,21H2/t26-,27+,28-,29-,30+/m1/s1. The van der Waals surface area contributed by atoms with E-state index < -0.39 is 28.2 Å². The molecule has 0 amide bonds. The molecule has 0 radical (unpaired) electrons. The Kier molecular flexibility index (Phi) is 6.79. The minimum Gasteiger partial charge on any atom is -0.391 e. The highest BCUT2D eigenvalue weighted by molar-refractivity contribution is 7.75. The summed E-state index contributed by atoms with van der Waals surface area (Å²) < 4.78 is 12.9. The summed E-state index contributed by atoms with van der Waals surface area (Å²) in [6.07, 6.45) is -1.08. The molecule has 0 spiro atoms. The Morgan fingerprint density at radius 2 is 0.914 bits per heavy atom. The molecule has 5 atom stereocenters. The summed E-state index contributed by atoms with van der Waals surface area (Å²) in [6, 6.07) is 42.4. The molecule has 5 heteroatoms. The number of rotatable bonds is 6. The zero-order valence-electron chi connectivity index (χ0n) is 19.3. The lowest BCUT2D eigenvalue weighted by molar-refractivity contribution is -0.108. The molecule has 0 saturated carbocycles. The van der Waals surface area contributed by atoms with E-state index in [4.69, 9.17) is 9.47 Å². The number of aliphatic hydroxyl groups is 1. The topological polar surface area (TPSA) is 38.7 Å². The first kappa shape index (κ1) is 23.0. The molecular weight excluding hydrogens is 470 g/mol. The predicted molar refractivity (Wildman–Crippen MR) is 146 cm³/mol. The highest BCUT2D eigenvalue weighted by atomic mass is 31.1. The highest BCUT2D eigenvalue weighted by Gasteiger charge is 2.55. The molecule has 2 aliphatic rings. The van der Waals surface area contributed by atoms with Crippen molar-refractivity contribution in [2.24, 2.45) is 0 Å². The zero-order chi connectivity index (χ0) is 23.6. The van der Waals surface area contributed by atoms with Crippen molar-refractivity contribution < 1.29 is 14.6 Å². The van der Waals surface area contributed by atoms with E-state index in [9.17, 15) is 5.11 Å². The van der Waals surface area contributed by atoms with Gasteiger partial charge in [0.05, 0.1) is 24.5 Å². The molecule has 2 fully saturated rings. The molecule has 6 rings (SSSR count). The smallest absolute Gasteiger partial charge is 0.168 e. The Hall–Kier alpha value is -2.38. The van der Waals surface area contributed by atoms with Gasteiger partial charge in [0.25, 0.3) is 0 Å². The third-order valence-electron chi connectivity index (χ3n) is 6.83. The van der Waals surface area contributed by atoms with Gasteiger partial charge < -0.3 is 14.6 Å². The molecular formula is C30H28O3P2. The van der Waals surface area contributed by atoms with E-state index in [0.717, 1.165) is 0 Å². The zero-order valence-corrected chi connectivity index (χ0v) is 21.1. The maximum atomic E-state index is 12.3. The molecule has 4 aromatic rings. The summed E-state index contributed by atoms with van der Waals surface area (Å²) >= 11 is 0. The van der Waals surface area contributed by atoms with E-state index in [-0.39, 0.29) is 17.4 Å². The second kappa shape index (κ2) is 10.3. The number of benzene rings is 4. The number of aliphatic hydroxyl groups excluding tert-OH is 1. The van der Waals surface area contributed by atoms with Crippen LogP contribution in [0.25, 0.3) is 0 Å². The molecule has 3 nitrogen and oxygen atoms in total. The first-order valence-electron chi connectivity index (χ1n) is 12.0. The Morgan fingerprint density at radius 3 is 1.31 bits per heavy atom. The molecule has 2 bridgehead atoms. The van der Waals surface area contributed by atoms with Gasteiger partial charge >= 0.3 is 0 Å². The van der Waals surface area contributed by atoms with Gasteiger partial charge in [0.15, 0.2) is 6.29 Å². The van der Waals surface area contributed by atoms with Crippen LogP contribution in [-0.4, -0.2) is 41.5 Å². The van der Waals surface area contributed by atoms with Gasteiger partial charge in [0, 0.05) is 5.66 Å². The molecule has 1 N–H and O–H groups in total. The van der Waals surface area contributed by atoms with Crippen LogP contribution in [0.4, 0.5) is 0 Å². The largest absolute Gasteiger partial charge is 0.391 e. The lowest BCUT2D eigenvalue weighted by atomic mass is 10.1. The molecule has 0 aliphatic carbocycles. The van der Waals surface area contributed by atoms with Crippen molar-refractivity contribution in [1.82, 2.24) is 0 Å². The summed E-state index contributed by atoms with van der Waals surface area (Å²) in [5.41, 5.74) is -0.216. The van der Waals surface area contributed by atoms with Crippen LogP contribution in [0.5, 0.6) is 0 Å². The van der Waals surface area contributed by atoms with Crippen molar-refractivity contribution in [3.63, 3.8) is 0 Å². The fraction of sp³-hybridized carbons (Fsp3) is 0.200. The van der Waals surface area contributed by atoms with Crippen LogP contribution in [-0.2, 0) is 9.47 Å². The summed E-state index contributed by atoms with van der Waals surface area (Å²) in [6.45, 7) is 0.522. The molecule has 35 heavy (non-hydrogen) atoms. The van der Waals surface area contributed by atoms with Gasteiger partial charge in [-0.2, -0.15) is 0 Å². The molecule has 4 aromatic carbocycles. The van der Waals surface area contributed by atoms with Gasteiger partial charge in [0.1, 0.15) is 0 Å². The molecule has 2 saturated heterocycles. The molecule has 2 heterocycles. The first-order valence-corrected chi connectivity index (χ1v) is 14.9. The van der Waals surface area contributed by atoms with Crippen LogP contribution in [0.1, 0.15) is 0 Å². The molecule has 176 valence electrons. The van der Waals surface area contributed by atoms with Gasteiger partial charge in [-0.15, -0.1) is 0 Å². The van der Waals surface area contributed by atoms with E-state index in [0.29, 0.717) is 6.61 Å². The summed E-state index contributed by atoms with van der Waals surface area (Å²) in [5.74, 6) is 0. The van der Waals surface area contributed by atoms with Crippen molar-refractivity contribution >= 4 is 37.1 Å². The van der Waals surface area contributed by atoms with Crippen molar-refractivity contribution in [3.05, 3.63) is 121 Å². The van der Waals surface area contributed by atoms with Crippen LogP contribution >= 0.6 is 15.8 Å². The second-order valence-corrected chi connectivity index (χ2v) is 13.7. The Balaban J connectivity index is 1.47. The Bertz CT molecular complexity index is 1050. The summed E-state index contributed by atoms with van der Waals surface area (Å²) in [4.78, 5) is 0. The monoisotopic (exact) mass is 498 g/mol. The fourth-order valence-electron chi connectivity index (χ4n) is 5.32. The normalized spacial score (nSPS) is 25.7. The number of hydrogen-bond donors (Lipinski definition) is 1. The molecule has 2 aliphatic heterocycles. The maximum Gasteiger partial charge on any atom is 0.168 e. The molecule has 0 aromatic heterocycles. The lowest BCUT2D eigenvalue weighted by Gasteiger charge is -2.45. The minimum absolute atomic E-state index is 0.0593. The van der Waals surface area contributed by atoms with E-state index >= 15 is 0 Å². The average Bonchev–Trinajstić information content (AvgIpc) is 3.36.